The monoisotopic (exact) mass is 395 g/mol. The Bertz CT molecular complexity index is 1000. The molecule has 3 rings (SSSR count). The molecule has 152 valence electrons. The summed E-state index contributed by atoms with van der Waals surface area (Å²) in [6.45, 7) is 3.01. The van der Waals surface area contributed by atoms with Crippen LogP contribution in [-0.4, -0.2) is 48.1 Å². The maximum absolute atomic E-state index is 12.8. The topological polar surface area (TPSA) is 65.3 Å². The van der Waals surface area contributed by atoms with Crippen molar-refractivity contribution in [2.75, 3.05) is 27.9 Å². The summed E-state index contributed by atoms with van der Waals surface area (Å²) in [6, 6.07) is 9.42. The normalized spacial score (nSPS) is 11.0. The van der Waals surface area contributed by atoms with E-state index in [9.17, 15) is 4.79 Å². The van der Waals surface area contributed by atoms with Gasteiger partial charge in [0.05, 0.1) is 39.8 Å². The Morgan fingerprint density at radius 2 is 1.86 bits per heavy atom. The van der Waals surface area contributed by atoms with Gasteiger partial charge in [-0.1, -0.05) is 6.07 Å². The number of rotatable bonds is 8. The van der Waals surface area contributed by atoms with Crippen LogP contribution in [0.2, 0.25) is 0 Å². The highest BCUT2D eigenvalue weighted by Crippen LogP contribution is 2.38. The summed E-state index contributed by atoms with van der Waals surface area (Å²) >= 11 is 0. The first-order valence-electron chi connectivity index (χ1n) is 9.29. The van der Waals surface area contributed by atoms with Crippen molar-refractivity contribution in [3.05, 3.63) is 60.1 Å². The number of methoxy groups -OCH3 is 3. The summed E-state index contributed by atoms with van der Waals surface area (Å²) in [7, 11) is 4.67. The van der Waals surface area contributed by atoms with Crippen LogP contribution in [0.1, 0.15) is 18.2 Å². The first-order valence-corrected chi connectivity index (χ1v) is 9.29. The zero-order valence-electron chi connectivity index (χ0n) is 17.1. The molecular formula is C22H25N3O4. The Kier molecular flexibility index (Phi) is 6.39. The Balaban J connectivity index is 1.79. The number of nitrogens with zero attached hydrogens (tertiary/aromatic N) is 3. The van der Waals surface area contributed by atoms with E-state index in [1.807, 2.05) is 35.7 Å². The third-order valence-electron chi connectivity index (χ3n) is 4.65. The first-order chi connectivity index (χ1) is 14.1. The molecular weight excluding hydrogens is 370 g/mol. The Labute approximate surface area is 170 Å². The van der Waals surface area contributed by atoms with Crippen LogP contribution in [-0.2, 0) is 11.3 Å². The Morgan fingerprint density at radius 3 is 2.48 bits per heavy atom. The fourth-order valence-corrected chi connectivity index (χ4v) is 3.11. The zero-order chi connectivity index (χ0) is 20.8. The molecule has 1 aromatic carbocycles. The molecule has 2 aromatic heterocycles. The molecule has 0 radical (unpaired) electrons. The maximum atomic E-state index is 12.8. The number of ether oxygens (including phenoxy) is 3. The molecule has 29 heavy (non-hydrogen) atoms. The number of imidazole rings is 1. The molecule has 0 N–H and O–H groups in total. The van der Waals surface area contributed by atoms with Gasteiger partial charge in [0.2, 0.25) is 11.7 Å². The largest absolute Gasteiger partial charge is 0.493 e. The molecule has 0 saturated carbocycles. The van der Waals surface area contributed by atoms with Crippen LogP contribution >= 0.6 is 0 Å². The minimum absolute atomic E-state index is 0.0906. The van der Waals surface area contributed by atoms with E-state index in [0.29, 0.717) is 30.3 Å². The van der Waals surface area contributed by atoms with E-state index in [4.69, 9.17) is 14.2 Å². The molecule has 3 aromatic rings. The maximum Gasteiger partial charge on any atom is 0.246 e. The average Bonchev–Trinajstić information content (AvgIpc) is 3.17. The van der Waals surface area contributed by atoms with Crippen molar-refractivity contribution in [1.29, 1.82) is 0 Å². The van der Waals surface area contributed by atoms with Crippen molar-refractivity contribution in [2.45, 2.75) is 13.5 Å². The number of benzene rings is 1. The van der Waals surface area contributed by atoms with E-state index in [2.05, 4.69) is 4.98 Å². The quantitative estimate of drug-likeness (QED) is 0.547. The lowest BCUT2D eigenvalue weighted by molar-refractivity contribution is -0.126. The Morgan fingerprint density at radius 1 is 1.14 bits per heavy atom. The number of carbonyl (C=O) groups excluding carboxylic acids is 1. The van der Waals surface area contributed by atoms with Gasteiger partial charge in [-0.2, -0.15) is 0 Å². The van der Waals surface area contributed by atoms with Crippen LogP contribution in [0.4, 0.5) is 0 Å². The molecule has 1 amide bonds. The highest BCUT2D eigenvalue weighted by molar-refractivity contribution is 5.92. The Hall–Kier alpha value is -3.48. The van der Waals surface area contributed by atoms with Gasteiger partial charge in [-0.15, -0.1) is 0 Å². The van der Waals surface area contributed by atoms with Crippen molar-refractivity contribution in [1.82, 2.24) is 14.3 Å². The molecule has 2 heterocycles. The smallest absolute Gasteiger partial charge is 0.246 e. The summed E-state index contributed by atoms with van der Waals surface area (Å²) in [5.41, 5.74) is 2.59. The SMILES string of the molecule is CCN(Cc1cnc2ccccn12)C(=O)C=Cc1cc(OC)c(OC)c(OC)c1. The van der Waals surface area contributed by atoms with Crippen molar-refractivity contribution in [3.8, 4) is 17.2 Å². The van der Waals surface area contributed by atoms with Gasteiger partial charge in [0.1, 0.15) is 5.65 Å². The number of hydrogen-bond donors (Lipinski definition) is 0. The predicted octanol–water partition coefficient (Wildman–Crippen LogP) is 3.42. The number of pyridine rings is 1. The molecule has 7 nitrogen and oxygen atoms in total. The summed E-state index contributed by atoms with van der Waals surface area (Å²) in [5.74, 6) is 1.50. The summed E-state index contributed by atoms with van der Waals surface area (Å²) < 4.78 is 18.0. The highest BCUT2D eigenvalue weighted by Gasteiger charge is 2.14. The van der Waals surface area contributed by atoms with Crippen LogP contribution in [0, 0.1) is 0 Å². The number of amides is 1. The van der Waals surface area contributed by atoms with E-state index in [0.717, 1.165) is 16.9 Å². The second-order valence-electron chi connectivity index (χ2n) is 6.32. The second kappa shape index (κ2) is 9.14. The minimum atomic E-state index is -0.0906. The van der Waals surface area contributed by atoms with Crippen molar-refractivity contribution in [3.63, 3.8) is 0 Å². The van der Waals surface area contributed by atoms with E-state index < -0.39 is 0 Å². The molecule has 0 fully saturated rings. The molecule has 0 aliphatic carbocycles. The fraction of sp³-hybridized carbons (Fsp3) is 0.273. The van der Waals surface area contributed by atoms with Gasteiger partial charge in [-0.3, -0.25) is 4.79 Å². The van der Waals surface area contributed by atoms with Crippen molar-refractivity contribution >= 4 is 17.6 Å². The molecule has 0 aliphatic rings. The van der Waals surface area contributed by atoms with Crippen molar-refractivity contribution in [2.24, 2.45) is 0 Å². The van der Waals surface area contributed by atoms with E-state index >= 15 is 0 Å². The zero-order valence-corrected chi connectivity index (χ0v) is 17.1. The van der Waals surface area contributed by atoms with E-state index in [-0.39, 0.29) is 5.91 Å². The number of carbonyl (C=O) groups is 1. The molecule has 0 spiro atoms. The lowest BCUT2D eigenvalue weighted by Gasteiger charge is -2.19. The van der Waals surface area contributed by atoms with Crippen LogP contribution in [0.25, 0.3) is 11.7 Å². The molecule has 0 bridgehead atoms. The van der Waals surface area contributed by atoms with E-state index in [1.54, 1.807) is 56.7 Å². The minimum Gasteiger partial charge on any atom is -0.493 e. The fourth-order valence-electron chi connectivity index (χ4n) is 3.11. The van der Waals surface area contributed by atoms with Gasteiger partial charge in [0.15, 0.2) is 11.5 Å². The third kappa shape index (κ3) is 4.34. The van der Waals surface area contributed by atoms with Crippen LogP contribution in [0.15, 0.2) is 48.8 Å². The molecule has 0 atom stereocenters. The summed E-state index contributed by atoms with van der Waals surface area (Å²) in [5, 5.41) is 0. The molecule has 0 saturated heterocycles. The molecule has 0 aliphatic heterocycles. The van der Waals surface area contributed by atoms with E-state index in [1.165, 1.54) is 0 Å². The van der Waals surface area contributed by atoms with Crippen LogP contribution in [0.3, 0.4) is 0 Å². The van der Waals surface area contributed by atoms with Crippen molar-refractivity contribution < 1.29 is 19.0 Å². The van der Waals surface area contributed by atoms with Gasteiger partial charge in [-0.05, 0) is 42.8 Å². The molecule has 0 unspecified atom stereocenters. The predicted molar refractivity (Wildman–Crippen MR) is 111 cm³/mol. The first kappa shape index (κ1) is 20.3. The summed E-state index contributed by atoms with van der Waals surface area (Å²) in [6.07, 6.45) is 7.04. The number of likely N-dealkylation sites (N-methyl/N-ethyl adjacent to an activating group) is 1. The third-order valence-corrected chi connectivity index (χ3v) is 4.65. The number of fused-ring (bicyclic) bond motifs is 1. The van der Waals surface area contributed by atoms with Gasteiger partial charge in [0, 0.05) is 18.8 Å². The average molecular weight is 395 g/mol. The van der Waals surface area contributed by atoms with Gasteiger partial charge in [0.25, 0.3) is 0 Å². The summed E-state index contributed by atoms with van der Waals surface area (Å²) in [4.78, 5) is 18.9. The van der Waals surface area contributed by atoms with Crippen LogP contribution < -0.4 is 14.2 Å². The second-order valence-corrected chi connectivity index (χ2v) is 6.32. The number of hydrogen-bond acceptors (Lipinski definition) is 5. The van der Waals surface area contributed by atoms with Crippen LogP contribution in [0.5, 0.6) is 17.2 Å². The standard InChI is InChI=1S/C22H25N3O4/c1-5-24(15-17-14-23-20-8-6-7-11-25(17)20)21(26)10-9-16-12-18(27-2)22(29-4)19(13-16)28-3/h6-14H,5,15H2,1-4H3. The number of aromatic nitrogens is 2. The lowest BCUT2D eigenvalue weighted by Crippen LogP contribution is -2.29. The molecule has 7 heteroatoms. The van der Waals surface area contributed by atoms with Gasteiger partial charge >= 0.3 is 0 Å². The van der Waals surface area contributed by atoms with Gasteiger partial charge < -0.3 is 23.5 Å². The highest BCUT2D eigenvalue weighted by atomic mass is 16.5. The lowest BCUT2D eigenvalue weighted by atomic mass is 10.1. The van der Waals surface area contributed by atoms with Gasteiger partial charge in [-0.25, -0.2) is 4.98 Å².